The predicted octanol–water partition coefficient (Wildman–Crippen LogP) is 2.46. The molecule has 1 aromatic carbocycles. The zero-order valence-corrected chi connectivity index (χ0v) is 10.8. The van der Waals surface area contributed by atoms with E-state index >= 15 is 0 Å². The van der Waals surface area contributed by atoms with E-state index in [0.717, 1.165) is 18.6 Å². The first-order valence-corrected chi connectivity index (χ1v) is 6.06. The van der Waals surface area contributed by atoms with Crippen LogP contribution in [0.2, 0.25) is 0 Å². The van der Waals surface area contributed by atoms with Gasteiger partial charge in [-0.15, -0.1) is 0 Å². The standard InChI is InChI=1S/C11H14IO3/c1-13-7-8-5-6-14-11(15-8)9-3-2-4-10(9)12/h2-4,8,11H,5-7H2,1H3/q-1/t8-,11-/m0/s1. The zero-order chi connectivity index (χ0) is 10.7. The maximum absolute atomic E-state index is 5.80. The lowest BCUT2D eigenvalue weighted by Crippen LogP contribution is -2.30. The van der Waals surface area contributed by atoms with Gasteiger partial charge in [0.1, 0.15) is 6.29 Å². The van der Waals surface area contributed by atoms with Crippen LogP contribution in [0.1, 0.15) is 18.3 Å². The van der Waals surface area contributed by atoms with E-state index in [1.165, 1.54) is 3.57 Å². The summed E-state index contributed by atoms with van der Waals surface area (Å²) in [6.07, 6.45) is 0.835. The summed E-state index contributed by atoms with van der Waals surface area (Å²) in [4.78, 5) is 0. The van der Waals surface area contributed by atoms with E-state index in [-0.39, 0.29) is 12.4 Å². The van der Waals surface area contributed by atoms with Crippen molar-refractivity contribution < 1.29 is 14.2 Å². The number of ether oxygens (including phenoxy) is 3. The summed E-state index contributed by atoms with van der Waals surface area (Å²) in [7, 11) is 1.69. The molecule has 1 fully saturated rings. The van der Waals surface area contributed by atoms with E-state index in [9.17, 15) is 0 Å². The first-order valence-electron chi connectivity index (χ1n) is 4.98. The molecule has 2 atom stereocenters. The summed E-state index contributed by atoms with van der Waals surface area (Å²) in [5.74, 6) is 0. The zero-order valence-electron chi connectivity index (χ0n) is 8.61. The number of hydrogen-bond acceptors (Lipinski definition) is 3. The second-order valence-corrected chi connectivity index (χ2v) is 4.70. The van der Waals surface area contributed by atoms with E-state index in [2.05, 4.69) is 28.7 Å². The molecule has 0 amide bonds. The molecule has 2 rings (SSSR count). The minimum absolute atomic E-state index is 0.152. The lowest BCUT2D eigenvalue weighted by molar-refractivity contribution is -0.226. The third-order valence-corrected chi connectivity index (χ3v) is 3.41. The predicted molar refractivity (Wildman–Crippen MR) is 64.8 cm³/mol. The molecule has 84 valence electrons. The molecule has 1 saturated heterocycles. The lowest BCUT2D eigenvalue weighted by atomic mass is 10.2. The minimum atomic E-state index is -0.221. The van der Waals surface area contributed by atoms with Crippen LogP contribution in [0, 0.1) is 3.57 Å². The topological polar surface area (TPSA) is 27.7 Å². The number of hydrogen-bond donors (Lipinski definition) is 0. The molecule has 0 saturated carbocycles. The Kier molecular flexibility index (Phi) is 4.07. The number of halogens is 1. The molecule has 0 aromatic heterocycles. The fourth-order valence-electron chi connectivity index (χ4n) is 1.66. The van der Waals surface area contributed by atoms with Crippen LogP contribution in [0.5, 0.6) is 0 Å². The van der Waals surface area contributed by atoms with Crippen molar-refractivity contribution in [2.24, 2.45) is 0 Å². The van der Waals surface area contributed by atoms with E-state index in [1.807, 2.05) is 12.1 Å². The molecule has 3 nitrogen and oxygen atoms in total. The Morgan fingerprint density at radius 1 is 1.67 bits per heavy atom. The largest absolute Gasteiger partial charge is 0.382 e. The number of rotatable bonds is 3. The summed E-state index contributed by atoms with van der Waals surface area (Å²) in [6, 6.07) is 6.12. The second-order valence-electron chi connectivity index (χ2n) is 3.53. The first-order chi connectivity index (χ1) is 7.31. The average Bonchev–Trinajstić information content (AvgIpc) is 2.65. The van der Waals surface area contributed by atoms with Gasteiger partial charge in [0.05, 0.1) is 19.3 Å². The van der Waals surface area contributed by atoms with E-state index in [4.69, 9.17) is 14.2 Å². The van der Waals surface area contributed by atoms with Crippen molar-refractivity contribution in [2.75, 3.05) is 20.3 Å². The highest BCUT2D eigenvalue weighted by Crippen LogP contribution is 2.30. The molecule has 1 aliphatic rings. The Morgan fingerprint density at radius 3 is 3.20 bits per heavy atom. The van der Waals surface area contributed by atoms with Crippen LogP contribution in [0.3, 0.4) is 0 Å². The Hall–Kier alpha value is -0.0400. The summed E-state index contributed by atoms with van der Waals surface area (Å²) < 4.78 is 17.7. The van der Waals surface area contributed by atoms with Gasteiger partial charge in [0.2, 0.25) is 0 Å². The van der Waals surface area contributed by atoms with Gasteiger partial charge in [0.15, 0.2) is 0 Å². The van der Waals surface area contributed by atoms with Gasteiger partial charge in [-0.3, -0.25) is 0 Å². The summed E-state index contributed by atoms with van der Waals surface area (Å²) in [5.41, 5.74) is 1.12. The minimum Gasteiger partial charge on any atom is -0.382 e. The fourth-order valence-corrected chi connectivity index (χ4v) is 2.31. The molecule has 4 heteroatoms. The van der Waals surface area contributed by atoms with Crippen molar-refractivity contribution in [3.63, 3.8) is 0 Å². The van der Waals surface area contributed by atoms with Gasteiger partial charge in [-0.1, -0.05) is 31.7 Å². The van der Waals surface area contributed by atoms with Crippen molar-refractivity contribution in [1.29, 1.82) is 0 Å². The van der Waals surface area contributed by atoms with Crippen LogP contribution in [-0.4, -0.2) is 26.4 Å². The van der Waals surface area contributed by atoms with Crippen LogP contribution in [0.4, 0.5) is 0 Å². The van der Waals surface area contributed by atoms with Crippen LogP contribution < -0.4 is 0 Å². The molecule has 1 aromatic rings. The smallest absolute Gasteiger partial charge is 0.139 e. The van der Waals surface area contributed by atoms with E-state index < -0.39 is 0 Å². The van der Waals surface area contributed by atoms with Gasteiger partial charge in [0, 0.05) is 7.11 Å². The third-order valence-electron chi connectivity index (χ3n) is 2.43. The highest BCUT2D eigenvalue weighted by molar-refractivity contribution is 14.1. The van der Waals surface area contributed by atoms with Gasteiger partial charge in [0.25, 0.3) is 0 Å². The molecular formula is C11H14IO3-. The van der Waals surface area contributed by atoms with Gasteiger partial charge in [-0.2, -0.15) is 6.07 Å². The van der Waals surface area contributed by atoms with E-state index in [1.54, 1.807) is 7.11 Å². The summed E-state index contributed by atoms with van der Waals surface area (Å²) in [6.45, 7) is 1.37. The SMILES string of the molecule is COC[C@@H]1CCO[C@H]([c-]2cccc2I)O1. The van der Waals surface area contributed by atoms with Crippen molar-refractivity contribution in [2.45, 2.75) is 18.8 Å². The third kappa shape index (κ3) is 2.75. The molecule has 1 aliphatic heterocycles. The van der Waals surface area contributed by atoms with Crippen molar-refractivity contribution in [3.05, 3.63) is 27.3 Å². The molecule has 0 N–H and O–H groups in total. The molecule has 0 bridgehead atoms. The fraction of sp³-hybridized carbons (Fsp3) is 0.545. The number of methoxy groups -OCH3 is 1. The van der Waals surface area contributed by atoms with Crippen LogP contribution in [0.15, 0.2) is 18.2 Å². The van der Waals surface area contributed by atoms with Crippen molar-refractivity contribution in [1.82, 2.24) is 0 Å². The highest BCUT2D eigenvalue weighted by Gasteiger charge is 2.22. The monoisotopic (exact) mass is 321 g/mol. The molecule has 0 spiro atoms. The summed E-state index contributed by atoms with van der Waals surface area (Å²) >= 11 is 2.30. The Labute approximate surface area is 103 Å². The van der Waals surface area contributed by atoms with Crippen molar-refractivity contribution in [3.8, 4) is 0 Å². The lowest BCUT2D eigenvalue weighted by Gasteiger charge is -2.32. The first kappa shape index (κ1) is 11.4. The van der Waals surface area contributed by atoms with E-state index in [0.29, 0.717) is 6.61 Å². The second kappa shape index (κ2) is 5.34. The highest BCUT2D eigenvalue weighted by atomic mass is 127. The van der Waals surface area contributed by atoms with Gasteiger partial charge in [-0.05, 0) is 6.42 Å². The van der Waals surface area contributed by atoms with Crippen molar-refractivity contribution >= 4 is 22.6 Å². The Morgan fingerprint density at radius 2 is 2.53 bits per heavy atom. The molecule has 0 aliphatic carbocycles. The van der Waals surface area contributed by atoms with Crippen LogP contribution in [0.25, 0.3) is 0 Å². The van der Waals surface area contributed by atoms with Gasteiger partial charge in [-0.25, -0.2) is 12.1 Å². The van der Waals surface area contributed by atoms with Gasteiger partial charge >= 0.3 is 0 Å². The quantitative estimate of drug-likeness (QED) is 0.632. The normalized spacial score (nSPS) is 26.8. The Bertz CT molecular complexity index is 309. The maximum atomic E-state index is 5.80. The molecule has 0 radical (unpaired) electrons. The summed E-state index contributed by atoms with van der Waals surface area (Å²) in [5, 5.41) is 0. The van der Waals surface area contributed by atoms with Crippen LogP contribution in [-0.2, 0) is 14.2 Å². The molecule has 15 heavy (non-hydrogen) atoms. The van der Waals surface area contributed by atoms with Gasteiger partial charge < -0.3 is 14.2 Å². The van der Waals surface area contributed by atoms with Crippen LogP contribution >= 0.6 is 22.6 Å². The molecule has 0 unspecified atom stereocenters. The molecular weight excluding hydrogens is 307 g/mol. The maximum Gasteiger partial charge on any atom is 0.139 e. The molecule has 1 heterocycles. The average molecular weight is 321 g/mol. The Balaban J connectivity index is 2.01.